The highest BCUT2D eigenvalue weighted by Gasteiger charge is 2.40. The minimum absolute atomic E-state index is 0.0227. The largest absolute Gasteiger partial charge is 0.497 e. The summed E-state index contributed by atoms with van der Waals surface area (Å²) in [5.74, 6) is 0.870. The first-order chi connectivity index (χ1) is 13.1. The Hall–Kier alpha value is -2.04. The second-order valence-electron chi connectivity index (χ2n) is 7.56. The van der Waals surface area contributed by atoms with Gasteiger partial charge in [0.1, 0.15) is 5.75 Å². The molecule has 5 heteroatoms. The summed E-state index contributed by atoms with van der Waals surface area (Å²) in [7, 11) is 1.69. The number of methoxy groups -OCH3 is 1. The monoisotopic (exact) mass is 384 g/mol. The maximum Gasteiger partial charge on any atom is 0.251 e. The molecule has 2 fully saturated rings. The van der Waals surface area contributed by atoms with Crippen molar-refractivity contribution in [2.45, 2.75) is 50.4 Å². The van der Waals surface area contributed by atoms with Gasteiger partial charge in [0.15, 0.2) is 0 Å². The molecule has 2 unspecified atom stereocenters. The van der Waals surface area contributed by atoms with E-state index in [1.54, 1.807) is 19.2 Å². The molecule has 2 aliphatic rings. The van der Waals surface area contributed by atoms with Crippen molar-refractivity contribution < 1.29 is 9.53 Å². The predicted molar refractivity (Wildman–Crippen MR) is 107 cm³/mol. The molecular weight excluding hydrogens is 360 g/mol. The molecule has 0 saturated carbocycles. The Labute approximate surface area is 165 Å². The number of carbonyl (C=O) groups is 1. The van der Waals surface area contributed by atoms with Crippen molar-refractivity contribution in [1.29, 1.82) is 0 Å². The first-order valence-electron chi connectivity index (χ1n) is 9.57. The molecule has 2 atom stereocenters. The number of rotatable bonds is 5. The van der Waals surface area contributed by atoms with Gasteiger partial charge < -0.3 is 10.1 Å². The van der Waals surface area contributed by atoms with Gasteiger partial charge in [-0.2, -0.15) is 0 Å². The van der Waals surface area contributed by atoms with Crippen molar-refractivity contribution in [1.82, 2.24) is 10.2 Å². The third kappa shape index (κ3) is 4.12. The Bertz CT molecular complexity index is 794. The summed E-state index contributed by atoms with van der Waals surface area (Å²) < 4.78 is 5.25. The minimum Gasteiger partial charge on any atom is -0.497 e. The number of fused-ring (bicyclic) bond motifs is 2. The molecule has 4 rings (SSSR count). The Morgan fingerprint density at radius 1 is 1.15 bits per heavy atom. The summed E-state index contributed by atoms with van der Waals surface area (Å²) in [6, 6.07) is 16.8. The lowest BCUT2D eigenvalue weighted by Crippen LogP contribution is -2.49. The fraction of sp³-hybridized carbons (Fsp3) is 0.409. The van der Waals surface area contributed by atoms with Gasteiger partial charge in [-0.05, 0) is 61.6 Å². The Balaban J connectivity index is 1.37. The second-order valence-corrected chi connectivity index (χ2v) is 7.99. The Morgan fingerprint density at radius 3 is 2.48 bits per heavy atom. The van der Waals surface area contributed by atoms with E-state index in [0.29, 0.717) is 22.7 Å². The van der Waals surface area contributed by atoms with Gasteiger partial charge in [-0.25, -0.2) is 0 Å². The number of benzene rings is 2. The molecule has 2 aromatic rings. The number of piperidine rings is 1. The quantitative estimate of drug-likeness (QED) is 0.836. The third-order valence-corrected chi connectivity index (χ3v) is 6.07. The van der Waals surface area contributed by atoms with Gasteiger partial charge in [0.05, 0.1) is 7.11 Å². The van der Waals surface area contributed by atoms with E-state index in [9.17, 15) is 4.79 Å². The molecule has 0 aromatic heterocycles. The minimum atomic E-state index is -0.0227. The van der Waals surface area contributed by atoms with Crippen molar-refractivity contribution in [3.8, 4) is 5.75 Å². The van der Waals surface area contributed by atoms with Crippen LogP contribution in [0.4, 0.5) is 0 Å². The third-order valence-electron chi connectivity index (χ3n) is 5.83. The number of ether oxygens (including phenoxy) is 1. The first-order valence-corrected chi connectivity index (χ1v) is 9.95. The maximum atomic E-state index is 12.5. The fourth-order valence-corrected chi connectivity index (χ4v) is 4.68. The predicted octanol–water partition coefficient (Wildman–Crippen LogP) is 4.27. The van der Waals surface area contributed by atoms with Crippen LogP contribution in [-0.4, -0.2) is 36.0 Å². The van der Waals surface area contributed by atoms with Crippen LogP contribution in [-0.2, 0) is 6.54 Å². The number of nitrogens with zero attached hydrogens (tertiary/aromatic N) is 1. The van der Waals surface area contributed by atoms with Crippen LogP contribution >= 0.6 is 11.6 Å². The van der Waals surface area contributed by atoms with E-state index >= 15 is 0 Å². The number of nitrogens with one attached hydrogen (secondary N) is 1. The van der Waals surface area contributed by atoms with Crippen LogP contribution in [0.15, 0.2) is 48.5 Å². The molecule has 1 N–H and O–H groups in total. The normalized spacial score (nSPS) is 24.6. The van der Waals surface area contributed by atoms with Crippen LogP contribution in [0.1, 0.15) is 41.6 Å². The maximum absolute atomic E-state index is 12.5. The van der Waals surface area contributed by atoms with Gasteiger partial charge >= 0.3 is 0 Å². The molecule has 27 heavy (non-hydrogen) atoms. The van der Waals surface area contributed by atoms with Crippen molar-refractivity contribution >= 4 is 17.5 Å². The molecule has 2 heterocycles. The molecule has 142 valence electrons. The van der Waals surface area contributed by atoms with E-state index in [-0.39, 0.29) is 11.9 Å². The number of halogens is 1. The van der Waals surface area contributed by atoms with Crippen LogP contribution in [0, 0.1) is 0 Å². The molecule has 0 radical (unpaired) electrons. The van der Waals surface area contributed by atoms with Crippen LogP contribution in [0.25, 0.3) is 0 Å². The lowest BCUT2D eigenvalue weighted by atomic mass is 9.96. The van der Waals surface area contributed by atoms with Gasteiger partial charge in [0.2, 0.25) is 0 Å². The van der Waals surface area contributed by atoms with E-state index < -0.39 is 0 Å². The van der Waals surface area contributed by atoms with Gasteiger partial charge in [0.25, 0.3) is 5.91 Å². The van der Waals surface area contributed by atoms with Gasteiger partial charge in [-0.1, -0.05) is 29.8 Å². The number of amides is 1. The first kappa shape index (κ1) is 18.3. The smallest absolute Gasteiger partial charge is 0.251 e. The number of carbonyl (C=O) groups excluding carboxylic acids is 1. The molecule has 4 nitrogen and oxygen atoms in total. The van der Waals surface area contributed by atoms with Crippen molar-refractivity contribution in [2.75, 3.05) is 7.11 Å². The zero-order chi connectivity index (χ0) is 18.8. The highest BCUT2D eigenvalue weighted by Crippen LogP contribution is 2.37. The molecule has 0 spiro atoms. The van der Waals surface area contributed by atoms with E-state index in [0.717, 1.165) is 25.1 Å². The van der Waals surface area contributed by atoms with Crippen LogP contribution in [0.5, 0.6) is 5.75 Å². The Morgan fingerprint density at radius 2 is 1.85 bits per heavy atom. The number of hydrogen-bond acceptors (Lipinski definition) is 3. The average molecular weight is 385 g/mol. The molecule has 2 bridgehead atoms. The SMILES string of the molecule is COc1ccc(CN2C3CCC2CC(NC(=O)c2cccc(Cl)c2)C3)cc1. The van der Waals surface area contributed by atoms with Gasteiger partial charge in [-0.3, -0.25) is 9.69 Å². The van der Waals surface area contributed by atoms with Crippen molar-refractivity contribution in [3.63, 3.8) is 0 Å². The Kier molecular flexibility index (Phi) is 5.37. The summed E-state index contributed by atoms with van der Waals surface area (Å²) in [5.41, 5.74) is 1.95. The van der Waals surface area contributed by atoms with Crippen LogP contribution in [0.2, 0.25) is 5.02 Å². The standard InChI is InChI=1S/C22H25ClN2O2/c1-27-21-9-5-15(6-10-21)14-25-19-7-8-20(25)13-18(12-19)24-22(26)16-3-2-4-17(23)11-16/h2-6,9-11,18-20H,7-8,12-14H2,1H3,(H,24,26). The zero-order valence-electron chi connectivity index (χ0n) is 15.5. The molecule has 2 aliphatic heterocycles. The number of hydrogen-bond donors (Lipinski definition) is 1. The molecule has 2 aromatic carbocycles. The lowest BCUT2D eigenvalue weighted by molar-refractivity contribution is 0.0828. The zero-order valence-corrected chi connectivity index (χ0v) is 16.3. The molecular formula is C22H25ClN2O2. The summed E-state index contributed by atoms with van der Waals surface area (Å²) in [5, 5.41) is 3.82. The van der Waals surface area contributed by atoms with Gasteiger partial charge in [0, 0.05) is 35.3 Å². The lowest BCUT2D eigenvalue weighted by Gasteiger charge is -2.39. The summed E-state index contributed by atoms with van der Waals surface area (Å²) in [6.45, 7) is 0.967. The van der Waals surface area contributed by atoms with Crippen LogP contribution in [0.3, 0.4) is 0 Å². The van der Waals surface area contributed by atoms with E-state index in [2.05, 4.69) is 22.3 Å². The molecule has 2 saturated heterocycles. The second kappa shape index (κ2) is 7.91. The highest BCUT2D eigenvalue weighted by molar-refractivity contribution is 6.30. The summed E-state index contributed by atoms with van der Waals surface area (Å²) in [4.78, 5) is 15.2. The van der Waals surface area contributed by atoms with Gasteiger partial charge in [-0.15, -0.1) is 0 Å². The topological polar surface area (TPSA) is 41.6 Å². The fourth-order valence-electron chi connectivity index (χ4n) is 4.49. The van der Waals surface area contributed by atoms with E-state index in [1.165, 1.54) is 18.4 Å². The molecule has 0 aliphatic carbocycles. The average Bonchev–Trinajstić information content (AvgIpc) is 2.90. The molecule has 1 amide bonds. The van der Waals surface area contributed by atoms with E-state index in [4.69, 9.17) is 16.3 Å². The van der Waals surface area contributed by atoms with Crippen molar-refractivity contribution in [3.05, 3.63) is 64.7 Å². The summed E-state index contributed by atoms with van der Waals surface area (Å²) in [6.07, 6.45) is 4.45. The summed E-state index contributed by atoms with van der Waals surface area (Å²) >= 11 is 6.01. The van der Waals surface area contributed by atoms with Crippen molar-refractivity contribution in [2.24, 2.45) is 0 Å². The van der Waals surface area contributed by atoms with Crippen LogP contribution < -0.4 is 10.1 Å². The van der Waals surface area contributed by atoms with E-state index in [1.807, 2.05) is 24.3 Å². The highest BCUT2D eigenvalue weighted by atomic mass is 35.5.